The molecular weight excluding hydrogens is 384 g/mol. The summed E-state index contributed by atoms with van der Waals surface area (Å²) >= 11 is 0. The average Bonchev–Trinajstić information content (AvgIpc) is 3.28. The average molecular weight is 421 g/mol. The number of nitrogens with one attached hydrogen (secondary N) is 2. The van der Waals surface area contributed by atoms with E-state index in [1.807, 2.05) is 30.3 Å². The molecule has 1 aliphatic heterocycles. The molecule has 1 aromatic rings. The van der Waals surface area contributed by atoms with Crippen molar-refractivity contribution in [3.8, 4) is 0 Å². The third kappa shape index (κ3) is 10.6. The molecule has 1 amide bonds. The lowest BCUT2D eigenvalue weighted by Gasteiger charge is -2.16. The van der Waals surface area contributed by atoms with Crippen molar-refractivity contribution in [2.24, 2.45) is 10.9 Å². The Morgan fingerprint density at radius 1 is 1.17 bits per heavy atom. The van der Waals surface area contributed by atoms with Crippen LogP contribution in [0.15, 0.2) is 35.3 Å². The first-order chi connectivity index (χ1) is 14.6. The third-order valence-corrected chi connectivity index (χ3v) is 4.69. The summed E-state index contributed by atoms with van der Waals surface area (Å²) in [6.45, 7) is 5.62. The molecule has 1 aliphatic rings. The van der Waals surface area contributed by atoms with Crippen LogP contribution >= 0.6 is 0 Å². The van der Waals surface area contributed by atoms with Crippen molar-refractivity contribution in [1.82, 2.24) is 15.5 Å². The first kappa shape index (κ1) is 24.1. The summed E-state index contributed by atoms with van der Waals surface area (Å²) < 4.78 is 16.6. The van der Waals surface area contributed by atoms with Gasteiger partial charge in [-0.3, -0.25) is 4.79 Å². The molecule has 0 bridgehead atoms. The lowest BCUT2D eigenvalue weighted by atomic mass is 10.1. The van der Waals surface area contributed by atoms with E-state index in [9.17, 15) is 4.79 Å². The van der Waals surface area contributed by atoms with Gasteiger partial charge in [-0.25, -0.2) is 4.99 Å². The number of guanidine groups is 1. The predicted octanol–water partition coefficient (Wildman–Crippen LogP) is 1.27. The van der Waals surface area contributed by atoms with Crippen LogP contribution in [-0.2, 0) is 25.6 Å². The largest absolute Gasteiger partial charge is 0.381 e. The van der Waals surface area contributed by atoms with E-state index >= 15 is 0 Å². The Morgan fingerprint density at radius 2 is 1.97 bits per heavy atom. The van der Waals surface area contributed by atoms with Gasteiger partial charge in [0.2, 0.25) is 5.91 Å². The van der Waals surface area contributed by atoms with Crippen LogP contribution in [0.4, 0.5) is 0 Å². The van der Waals surface area contributed by atoms with E-state index in [0.29, 0.717) is 44.8 Å². The monoisotopic (exact) mass is 420 g/mol. The number of ether oxygens (including phenoxy) is 3. The lowest BCUT2D eigenvalue weighted by molar-refractivity contribution is -0.127. The van der Waals surface area contributed by atoms with Gasteiger partial charge in [-0.05, 0) is 18.4 Å². The van der Waals surface area contributed by atoms with Gasteiger partial charge in [-0.15, -0.1) is 0 Å². The molecule has 1 aromatic carbocycles. The van der Waals surface area contributed by atoms with Gasteiger partial charge in [0, 0.05) is 46.3 Å². The molecule has 0 radical (unpaired) electrons. The minimum atomic E-state index is -0.0286. The van der Waals surface area contributed by atoms with Crippen LogP contribution in [0.1, 0.15) is 18.4 Å². The summed E-state index contributed by atoms with van der Waals surface area (Å²) in [5.41, 5.74) is 1.16. The standard InChI is InChI=1S/C22H36N4O4/c1-26(2)21(27)16-25-22(24-15-20-9-12-29-18-20)23-10-6-11-28-13-14-30-17-19-7-4-3-5-8-19/h3-5,7-8,20H,6,9-18H2,1-2H3,(H2,23,24,25). The molecule has 8 nitrogen and oxygen atoms in total. The number of nitrogens with zero attached hydrogens (tertiary/aromatic N) is 2. The van der Waals surface area contributed by atoms with Gasteiger partial charge in [0.15, 0.2) is 5.96 Å². The summed E-state index contributed by atoms with van der Waals surface area (Å²) in [5, 5.41) is 6.60. The fourth-order valence-corrected chi connectivity index (χ4v) is 2.81. The van der Waals surface area contributed by atoms with Gasteiger partial charge in [0.1, 0.15) is 6.54 Å². The summed E-state index contributed by atoms with van der Waals surface area (Å²) in [6, 6.07) is 10.1. The normalized spacial score (nSPS) is 16.5. The molecule has 0 aliphatic carbocycles. The van der Waals surface area contributed by atoms with E-state index in [2.05, 4.69) is 15.6 Å². The minimum absolute atomic E-state index is 0.0286. The second-order valence-electron chi connectivity index (χ2n) is 7.49. The Kier molecular flexibility index (Phi) is 11.9. The van der Waals surface area contributed by atoms with Gasteiger partial charge < -0.3 is 29.7 Å². The van der Waals surface area contributed by atoms with E-state index in [0.717, 1.165) is 38.2 Å². The summed E-state index contributed by atoms with van der Waals surface area (Å²) in [7, 11) is 3.46. The zero-order valence-corrected chi connectivity index (χ0v) is 18.3. The maximum atomic E-state index is 11.8. The number of carbonyl (C=O) groups excluding carboxylic acids is 1. The van der Waals surface area contributed by atoms with Crippen molar-refractivity contribution in [2.45, 2.75) is 19.4 Å². The topological polar surface area (TPSA) is 84.4 Å². The Morgan fingerprint density at radius 3 is 2.70 bits per heavy atom. The maximum Gasteiger partial charge on any atom is 0.243 e. The number of hydrogen-bond donors (Lipinski definition) is 2. The fraction of sp³-hybridized carbons (Fsp3) is 0.636. The van der Waals surface area contributed by atoms with Crippen LogP contribution in [-0.4, -0.2) is 83.5 Å². The van der Waals surface area contributed by atoms with E-state index in [-0.39, 0.29) is 12.5 Å². The molecule has 2 rings (SSSR count). The van der Waals surface area contributed by atoms with Crippen LogP contribution in [0, 0.1) is 5.92 Å². The third-order valence-electron chi connectivity index (χ3n) is 4.69. The molecule has 0 spiro atoms. The fourth-order valence-electron chi connectivity index (χ4n) is 2.81. The van der Waals surface area contributed by atoms with Gasteiger partial charge in [-0.1, -0.05) is 30.3 Å². The molecule has 1 unspecified atom stereocenters. The van der Waals surface area contributed by atoms with Crippen molar-refractivity contribution in [3.63, 3.8) is 0 Å². The number of likely N-dealkylation sites (N-methyl/N-ethyl adjacent to an activating group) is 1. The van der Waals surface area contributed by atoms with E-state index in [1.165, 1.54) is 0 Å². The van der Waals surface area contributed by atoms with Crippen LogP contribution < -0.4 is 10.6 Å². The van der Waals surface area contributed by atoms with Gasteiger partial charge in [0.05, 0.1) is 26.4 Å². The second-order valence-corrected chi connectivity index (χ2v) is 7.49. The highest BCUT2D eigenvalue weighted by atomic mass is 16.5. The quantitative estimate of drug-likeness (QED) is 0.284. The predicted molar refractivity (Wildman–Crippen MR) is 117 cm³/mol. The van der Waals surface area contributed by atoms with E-state index < -0.39 is 0 Å². The molecule has 1 fully saturated rings. The SMILES string of the molecule is CN(C)C(=O)CN=C(NCCCOCCOCc1ccccc1)NCC1CCOC1. The number of rotatable bonds is 13. The molecule has 168 valence electrons. The molecule has 1 saturated heterocycles. The maximum absolute atomic E-state index is 11.8. The Balaban J connectivity index is 1.56. The highest BCUT2D eigenvalue weighted by Gasteiger charge is 2.16. The zero-order chi connectivity index (χ0) is 21.4. The Hall–Kier alpha value is -2.16. The molecule has 30 heavy (non-hydrogen) atoms. The smallest absolute Gasteiger partial charge is 0.243 e. The molecule has 0 aromatic heterocycles. The van der Waals surface area contributed by atoms with Gasteiger partial charge in [-0.2, -0.15) is 0 Å². The number of amides is 1. The second kappa shape index (κ2) is 14.8. The van der Waals surface area contributed by atoms with Gasteiger partial charge in [0.25, 0.3) is 0 Å². The summed E-state index contributed by atoms with van der Waals surface area (Å²) in [6.07, 6.45) is 1.89. The first-order valence-corrected chi connectivity index (χ1v) is 10.6. The molecule has 8 heteroatoms. The Bertz CT molecular complexity index is 619. The zero-order valence-electron chi connectivity index (χ0n) is 18.3. The number of benzene rings is 1. The number of aliphatic imine (C=N–C) groups is 1. The highest BCUT2D eigenvalue weighted by molar-refractivity contribution is 5.84. The molecular formula is C22H36N4O4. The molecule has 0 saturated carbocycles. The van der Waals surface area contributed by atoms with Gasteiger partial charge >= 0.3 is 0 Å². The van der Waals surface area contributed by atoms with Crippen LogP contribution in [0.5, 0.6) is 0 Å². The Labute approximate surface area is 180 Å². The van der Waals surface area contributed by atoms with E-state index in [4.69, 9.17) is 14.2 Å². The molecule has 2 N–H and O–H groups in total. The molecule has 1 heterocycles. The van der Waals surface area contributed by atoms with Crippen molar-refractivity contribution in [2.75, 3.05) is 66.8 Å². The van der Waals surface area contributed by atoms with Crippen molar-refractivity contribution >= 4 is 11.9 Å². The number of carbonyl (C=O) groups is 1. The highest BCUT2D eigenvalue weighted by Crippen LogP contribution is 2.10. The van der Waals surface area contributed by atoms with Crippen LogP contribution in [0.25, 0.3) is 0 Å². The van der Waals surface area contributed by atoms with E-state index in [1.54, 1.807) is 19.0 Å². The first-order valence-electron chi connectivity index (χ1n) is 10.6. The van der Waals surface area contributed by atoms with Crippen molar-refractivity contribution in [3.05, 3.63) is 35.9 Å². The number of hydrogen-bond acceptors (Lipinski definition) is 5. The van der Waals surface area contributed by atoms with Crippen molar-refractivity contribution in [1.29, 1.82) is 0 Å². The summed E-state index contributed by atoms with van der Waals surface area (Å²) in [5.74, 6) is 1.11. The summed E-state index contributed by atoms with van der Waals surface area (Å²) in [4.78, 5) is 17.7. The van der Waals surface area contributed by atoms with Crippen molar-refractivity contribution < 1.29 is 19.0 Å². The lowest BCUT2D eigenvalue weighted by Crippen LogP contribution is -2.41. The molecule has 1 atom stereocenters. The van der Waals surface area contributed by atoms with Crippen LogP contribution in [0.3, 0.4) is 0 Å². The minimum Gasteiger partial charge on any atom is -0.381 e. The van der Waals surface area contributed by atoms with Crippen LogP contribution in [0.2, 0.25) is 0 Å².